The average molecular weight is 198 g/mol. The van der Waals surface area contributed by atoms with Gasteiger partial charge in [-0.25, -0.2) is 0 Å². The van der Waals surface area contributed by atoms with Gasteiger partial charge in [0.15, 0.2) is 0 Å². The normalized spacial score (nSPS) is 23.1. The maximum atomic E-state index is 10.2. The summed E-state index contributed by atoms with van der Waals surface area (Å²) in [4.78, 5) is 0. The third-order valence-corrected chi connectivity index (χ3v) is 3.32. The lowest BCUT2D eigenvalue weighted by atomic mass is 9.79. The monoisotopic (exact) mass is 198 g/mol. The first-order valence-corrected chi connectivity index (χ1v) is 5.65. The number of hydrogen-bond acceptors (Lipinski definition) is 2. The zero-order chi connectivity index (χ0) is 10.6. The molecule has 0 radical (unpaired) electrons. The maximum absolute atomic E-state index is 10.2. The van der Waals surface area contributed by atoms with Gasteiger partial charge in [0.2, 0.25) is 0 Å². The molecule has 2 nitrogen and oxygen atoms in total. The molecule has 1 unspecified atom stereocenters. The van der Waals surface area contributed by atoms with Crippen LogP contribution >= 0.6 is 0 Å². The second kappa shape index (κ2) is 4.94. The number of rotatable bonds is 4. The predicted molar refractivity (Wildman–Crippen MR) is 58.1 cm³/mol. The Bertz CT molecular complexity index is 192. The fourth-order valence-corrected chi connectivity index (χ4v) is 2.10. The smallest absolute Gasteiger partial charge is 0.0908 e. The number of aliphatic hydroxyl groups is 2. The molecule has 0 amide bonds. The summed E-state index contributed by atoms with van der Waals surface area (Å²) in [5, 5.41) is 20.1. The lowest BCUT2D eigenvalue weighted by Gasteiger charge is -2.36. The van der Waals surface area contributed by atoms with Crippen molar-refractivity contribution in [3.05, 3.63) is 12.2 Å². The minimum atomic E-state index is -0.837. The van der Waals surface area contributed by atoms with Gasteiger partial charge in [-0.15, -0.1) is 0 Å². The Morgan fingerprint density at radius 3 is 2.43 bits per heavy atom. The van der Waals surface area contributed by atoms with Crippen molar-refractivity contribution in [1.29, 1.82) is 0 Å². The molecule has 0 saturated heterocycles. The number of aliphatic hydroxyl groups excluding tert-OH is 1. The van der Waals surface area contributed by atoms with Crippen molar-refractivity contribution < 1.29 is 10.2 Å². The minimum Gasteiger partial charge on any atom is -0.390 e. The molecule has 1 rings (SSSR count). The first kappa shape index (κ1) is 11.7. The van der Waals surface area contributed by atoms with E-state index >= 15 is 0 Å². The Morgan fingerprint density at radius 2 is 1.93 bits per heavy atom. The van der Waals surface area contributed by atoms with E-state index in [4.69, 9.17) is 0 Å². The van der Waals surface area contributed by atoms with Crippen LogP contribution in [0, 0.1) is 0 Å². The standard InChI is InChI=1S/C12H22O2/c1-3-10(2)9-11(13)12(14)7-5-4-6-8-12/h11,13-14H,2-9H2,1H3. The first-order chi connectivity index (χ1) is 6.58. The predicted octanol–water partition coefficient (Wildman–Crippen LogP) is 2.40. The molecule has 0 bridgehead atoms. The maximum Gasteiger partial charge on any atom is 0.0908 e. The zero-order valence-electron chi connectivity index (χ0n) is 9.13. The van der Waals surface area contributed by atoms with Crippen LogP contribution in [-0.2, 0) is 0 Å². The van der Waals surface area contributed by atoms with Crippen LogP contribution in [0.4, 0.5) is 0 Å². The Balaban J connectivity index is 2.48. The van der Waals surface area contributed by atoms with Crippen LogP contribution in [0.25, 0.3) is 0 Å². The molecule has 1 fully saturated rings. The van der Waals surface area contributed by atoms with Crippen molar-refractivity contribution in [3.8, 4) is 0 Å². The summed E-state index contributed by atoms with van der Waals surface area (Å²) >= 11 is 0. The summed E-state index contributed by atoms with van der Waals surface area (Å²) in [7, 11) is 0. The average Bonchev–Trinajstić information content (AvgIpc) is 2.18. The Labute approximate surface area is 86.6 Å². The molecule has 14 heavy (non-hydrogen) atoms. The fraction of sp³-hybridized carbons (Fsp3) is 0.833. The highest BCUT2D eigenvalue weighted by Gasteiger charge is 2.36. The lowest BCUT2D eigenvalue weighted by molar-refractivity contribution is -0.0961. The molecule has 1 aliphatic carbocycles. The molecular weight excluding hydrogens is 176 g/mol. The van der Waals surface area contributed by atoms with Crippen molar-refractivity contribution in [3.63, 3.8) is 0 Å². The highest BCUT2D eigenvalue weighted by atomic mass is 16.3. The fourth-order valence-electron chi connectivity index (χ4n) is 2.10. The summed E-state index contributed by atoms with van der Waals surface area (Å²) in [6.45, 7) is 5.90. The molecule has 1 saturated carbocycles. The van der Waals surface area contributed by atoms with Crippen molar-refractivity contribution >= 4 is 0 Å². The van der Waals surface area contributed by atoms with E-state index in [9.17, 15) is 10.2 Å². The van der Waals surface area contributed by atoms with Crippen molar-refractivity contribution in [2.45, 2.75) is 63.6 Å². The molecule has 0 aromatic heterocycles. The van der Waals surface area contributed by atoms with Crippen LogP contribution in [-0.4, -0.2) is 21.9 Å². The molecule has 82 valence electrons. The van der Waals surface area contributed by atoms with Gasteiger partial charge in [-0.1, -0.05) is 38.3 Å². The first-order valence-electron chi connectivity index (χ1n) is 5.65. The van der Waals surface area contributed by atoms with Gasteiger partial charge in [0.25, 0.3) is 0 Å². The van der Waals surface area contributed by atoms with Gasteiger partial charge < -0.3 is 10.2 Å². The Kier molecular flexibility index (Phi) is 4.14. The van der Waals surface area contributed by atoms with Crippen LogP contribution in [0.3, 0.4) is 0 Å². The highest BCUT2D eigenvalue weighted by Crippen LogP contribution is 2.33. The highest BCUT2D eigenvalue weighted by molar-refractivity contribution is 5.00. The van der Waals surface area contributed by atoms with Gasteiger partial charge in [0, 0.05) is 0 Å². The largest absolute Gasteiger partial charge is 0.390 e. The minimum absolute atomic E-state index is 0.549. The van der Waals surface area contributed by atoms with Crippen LogP contribution in [0.2, 0.25) is 0 Å². The molecule has 0 aromatic rings. The summed E-state index contributed by atoms with van der Waals surface area (Å²) in [6, 6.07) is 0. The quantitative estimate of drug-likeness (QED) is 0.681. The van der Waals surface area contributed by atoms with Gasteiger partial charge in [0.05, 0.1) is 11.7 Å². The van der Waals surface area contributed by atoms with Gasteiger partial charge in [-0.05, 0) is 25.7 Å². The van der Waals surface area contributed by atoms with Gasteiger partial charge in [-0.3, -0.25) is 0 Å². The van der Waals surface area contributed by atoms with E-state index < -0.39 is 11.7 Å². The molecule has 1 aliphatic rings. The molecule has 1 atom stereocenters. The molecule has 0 aromatic carbocycles. The van der Waals surface area contributed by atoms with Gasteiger partial charge in [-0.2, -0.15) is 0 Å². The molecule has 0 spiro atoms. The number of hydrogen-bond donors (Lipinski definition) is 2. The van der Waals surface area contributed by atoms with Gasteiger partial charge in [0.1, 0.15) is 0 Å². The topological polar surface area (TPSA) is 40.5 Å². The molecule has 2 heteroatoms. The molecular formula is C12H22O2. The second-order valence-corrected chi connectivity index (χ2v) is 4.49. The van der Waals surface area contributed by atoms with Crippen LogP contribution in [0.5, 0.6) is 0 Å². The Hall–Kier alpha value is -0.340. The summed E-state index contributed by atoms with van der Waals surface area (Å²) < 4.78 is 0. The van der Waals surface area contributed by atoms with E-state index in [1.54, 1.807) is 0 Å². The van der Waals surface area contributed by atoms with Crippen LogP contribution in [0.1, 0.15) is 51.9 Å². The molecule has 2 N–H and O–H groups in total. The van der Waals surface area contributed by atoms with E-state index in [1.165, 1.54) is 6.42 Å². The van der Waals surface area contributed by atoms with Crippen LogP contribution < -0.4 is 0 Å². The van der Waals surface area contributed by atoms with E-state index in [1.807, 2.05) is 6.92 Å². The molecule has 0 aliphatic heterocycles. The van der Waals surface area contributed by atoms with Crippen molar-refractivity contribution in [2.75, 3.05) is 0 Å². The van der Waals surface area contributed by atoms with Gasteiger partial charge >= 0.3 is 0 Å². The van der Waals surface area contributed by atoms with Crippen LogP contribution in [0.15, 0.2) is 12.2 Å². The molecule has 0 heterocycles. The Morgan fingerprint density at radius 1 is 1.36 bits per heavy atom. The third-order valence-electron chi connectivity index (χ3n) is 3.32. The SMILES string of the molecule is C=C(CC)CC(O)C1(O)CCCCC1. The van der Waals surface area contributed by atoms with E-state index in [2.05, 4.69) is 6.58 Å². The summed E-state index contributed by atoms with van der Waals surface area (Å²) in [5.41, 5.74) is 0.188. The van der Waals surface area contributed by atoms with Crippen molar-refractivity contribution in [2.24, 2.45) is 0 Å². The summed E-state index contributed by atoms with van der Waals surface area (Å²) in [6.07, 6.45) is 5.55. The summed E-state index contributed by atoms with van der Waals surface area (Å²) in [5.74, 6) is 0. The second-order valence-electron chi connectivity index (χ2n) is 4.49. The third kappa shape index (κ3) is 2.82. The van der Waals surface area contributed by atoms with Crippen molar-refractivity contribution in [1.82, 2.24) is 0 Å². The lowest BCUT2D eigenvalue weighted by Crippen LogP contribution is -2.44. The van der Waals surface area contributed by atoms with E-state index in [0.717, 1.165) is 37.7 Å². The zero-order valence-corrected chi connectivity index (χ0v) is 9.13. The van der Waals surface area contributed by atoms with E-state index in [-0.39, 0.29) is 0 Å². The van der Waals surface area contributed by atoms with E-state index in [0.29, 0.717) is 6.42 Å².